The maximum absolute atomic E-state index is 12.9. The number of carbonyl (C=O) groups excluding carboxylic acids is 4. The van der Waals surface area contributed by atoms with E-state index in [9.17, 15) is 19.2 Å². The van der Waals surface area contributed by atoms with Crippen molar-refractivity contribution in [3.63, 3.8) is 0 Å². The SMILES string of the molecule is CC(C)(C)OC(=O)[C@H](Cc1ccc(B2OC(C)(C)C(C)(C)O2)cc1)NC(=O)OCc1ccccc1.Cc1ccc(C[C@H](NC(=O)OCc2ccccc2)C(=O)OC(C)(C)C)cc1. The number of hydrogen-bond acceptors (Lipinski definition) is 10. The van der Waals surface area contributed by atoms with Crippen LogP contribution in [0.25, 0.3) is 0 Å². The lowest BCUT2D eigenvalue weighted by Gasteiger charge is -2.32. The van der Waals surface area contributed by atoms with E-state index < -0.39 is 65.7 Å². The second kappa shape index (κ2) is 21.4. The first kappa shape index (κ1) is 49.0. The monoisotopic (exact) mass is 850 g/mol. The van der Waals surface area contributed by atoms with Gasteiger partial charge in [0.2, 0.25) is 0 Å². The van der Waals surface area contributed by atoms with Crippen LogP contribution in [0.2, 0.25) is 0 Å². The van der Waals surface area contributed by atoms with Crippen molar-refractivity contribution in [3.8, 4) is 0 Å². The van der Waals surface area contributed by atoms with E-state index in [-0.39, 0.29) is 19.6 Å². The fraction of sp³-hybridized carbons (Fsp3) is 0.429. The van der Waals surface area contributed by atoms with Crippen LogP contribution in [-0.4, -0.2) is 65.7 Å². The Kier molecular flexibility index (Phi) is 16.9. The van der Waals surface area contributed by atoms with E-state index in [4.69, 9.17) is 28.3 Å². The molecule has 2 atom stereocenters. The van der Waals surface area contributed by atoms with Crippen LogP contribution in [0.3, 0.4) is 0 Å². The van der Waals surface area contributed by atoms with Crippen molar-refractivity contribution in [2.45, 2.75) is 137 Å². The number of hydrogen-bond donors (Lipinski definition) is 2. The van der Waals surface area contributed by atoms with Gasteiger partial charge in [-0.1, -0.05) is 115 Å². The lowest BCUT2D eigenvalue weighted by Crippen LogP contribution is -2.45. The van der Waals surface area contributed by atoms with Gasteiger partial charge in [-0.2, -0.15) is 0 Å². The summed E-state index contributed by atoms with van der Waals surface area (Å²) in [5.74, 6) is -1.01. The highest BCUT2D eigenvalue weighted by Gasteiger charge is 2.51. The van der Waals surface area contributed by atoms with Gasteiger partial charge in [0.1, 0.15) is 36.5 Å². The molecule has 0 unspecified atom stereocenters. The van der Waals surface area contributed by atoms with Gasteiger partial charge in [0, 0.05) is 12.8 Å². The number of alkyl carbamates (subject to hydrolysis) is 2. The van der Waals surface area contributed by atoms with Crippen LogP contribution in [0.4, 0.5) is 9.59 Å². The molecule has 0 aromatic heterocycles. The zero-order chi connectivity index (χ0) is 45.7. The van der Waals surface area contributed by atoms with Gasteiger partial charge in [0.05, 0.1) is 11.2 Å². The lowest BCUT2D eigenvalue weighted by atomic mass is 9.78. The van der Waals surface area contributed by atoms with E-state index in [0.29, 0.717) is 6.42 Å². The molecule has 0 saturated carbocycles. The highest BCUT2D eigenvalue weighted by molar-refractivity contribution is 6.62. The van der Waals surface area contributed by atoms with E-state index in [2.05, 4.69) is 10.6 Å². The highest BCUT2D eigenvalue weighted by Crippen LogP contribution is 2.36. The van der Waals surface area contributed by atoms with Gasteiger partial charge in [-0.15, -0.1) is 0 Å². The Hall–Kier alpha value is -5.66. The molecule has 2 amide bonds. The molecule has 332 valence electrons. The molecule has 4 aromatic rings. The Bertz CT molecular complexity index is 2040. The number of benzene rings is 4. The molecule has 0 radical (unpaired) electrons. The maximum Gasteiger partial charge on any atom is 0.494 e. The summed E-state index contributed by atoms with van der Waals surface area (Å²) in [7, 11) is -0.471. The van der Waals surface area contributed by atoms with Crippen molar-refractivity contribution < 1.29 is 47.4 Å². The molecule has 12 nitrogen and oxygen atoms in total. The molecule has 1 fully saturated rings. The predicted octanol–water partition coefficient (Wildman–Crippen LogP) is 8.34. The molecule has 2 N–H and O–H groups in total. The van der Waals surface area contributed by atoms with E-state index in [1.807, 2.05) is 144 Å². The Morgan fingerprint density at radius 3 is 1.26 bits per heavy atom. The zero-order valence-corrected chi connectivity index (χ0v) is 38.0. The molecule has 62 heavy (non-hydrogen) atoms. The molecule has 1 heterocycles. The molecular formula is C49H63BN2O10. The van der Waals surface area contributed by atoms with Crippen molar-refractivity contribution in [1.82, 2.24) is 10.6 Å². The minimum atomic E-state index is -0.903. The molecule has 0 aliphatic carbocycles. The maximum atomic E-state index is 12.9. The molecule has 0 bridgehead atoms. The predicted molar refractivity (Wildman–Crippen MR) is 240 cm³/mol. The summed E-state index contributed by atoms with van der Waals surface area (Å²) in [6, 6.07) is 32.4. The fourth-order valence-electron chi connectivity index (χ4n) is 5.93. The second-order valence-electron chi connectivity index (χ2n) is 18.3. The average molecular weight is 851 g/mol. The number of aryl methyl sites for hydroxylation is 1. The number of carbonyl (C=O) groups is 4. The Morgan fingerprint density at radius 1 is 0.548 bits per heavy atom. The van der Waals surface area contributed by atoms with Crippen molar-refractivity contribution in [2.75, 3.05) is 0 Å². The third kappa shape index (κ3) is 16.3. The molecule has 1 aliphatic heterocycles. The summed E-state index contributed by atoms with van der Waals surface area (Å²) in [6.45, 7) is 21.0. The molecule has 4 aromatic carbocycles. The molecule has 1 aliphatic rings. The molecular weight excluding hydrogens is 787 g/mol. The van der Waals surface area contributed by atoms with Crippen LogP contribution in [-0.2, 0) is 63.9 Å². The summed E-state index contributed by atoms with van der Waals surface area (Å²) >= 11 is 0. The van der Waals surface area contributed by atoms with Crippen LogP contribution in [0.15, 0.2) is 109 Å². The smallest absolute Gasteiger partial charge is 0.458 e. The van der Waals surface area contributed by atoms with Gasteiger partial charge in [-0.3, -0.25) is 0 Å². The van der Waals surface area contributed by atoms with Gasteiger partial charge < -0.3 is 38.9 Å². The lowest BCUT2D eigenvalue weighted by molar-refractivity contribution is -0.158. The van der Waals surface area contributed by atoms with E-state index >= 15 is 0 Å². The van der Waals surface area contributed by atoms with Gasteiger partial charge in [-0.05, 0) is 104 Å². The van der Waals surface area contributed by atoms with Crippen molar-refractivity contribution in [2.24, 2.45) is 0 Å². The largest absolute Gasteiger partial charge is 0.494 e. The van der Waals surface area contributed by atoms with Crippen LogP contribution in [0.1, 0.15) is 97.1 Å². The van der Waals surface area contributed by atoms with E-state index in [1.54, 1.807) is 41.5 Å². The van der Waals surface area contributed by atoms with Crippen LogP contribution >= 0.6 is 0 Å². The number of ether oxygens (including phenoxy) is 4. The van der Waals surface area contributed by atoms with Crippen molar-refractivity contribution in [3.05, 3.63) is 137 Å². The molecule has 1 saturated heterocycles. The van der Waals surface area contributed by atoms with Crippen LogP contribution < -0.4 is 16.1 Å². The van der Waals surface area contributed by atoms with Gasteiger partial charge in [0.15, 0.2) is 0 Å². The zero-order valence-electron chi connectivity index (χ0n) is 38.0. The normalized spacial score (nSPS) is 15.2. The molecule has 0 spiro atoms. The minimum Gasteiger partial charge on any atom is -0.458 e. The average Bonchev–Trinajstić information content (AvgIpc) is 3.42. The summed E-state index contributed by atoms with van der Waals surface area (Å²) in [4.78, 5) is 50.1. The van der Waals surface area contributed by atoms with Gasteiger partial charge >= 0.3 is 31.2 Å². The first-order valence-corrected chi connectivity index (χ1v) is 20.9. The van der Waals surface area contributed by atoms with Crippen LogP contribution in [0, 0.1) is 6.92 Å². The molecule has 13 heteroatoms. The first-order valence-electron chi connectivity index (χ1n) is 20.9. The van der Waals surface area contributed by atoms with Gasteiger partial charge in [0.25, 0.3) is 0 Å². The third-order valence-corrected chi connectivity index (χ3v) is 9.90. The van der Waals surface area contributed by atoms with Crippen molar-refractivity contribution in [1.29, 1.82) is 0 Å². The summed E-state index contributed by atoms with van der Waals surface area (Å²) < 4.78 is 33.8. The number of rotatable bonds is 13. The van der Waals surface area contributed by atoms with Crippen molar-refractivity contribution >= 4 is 36.7 Å². The number of nitrogens with one attached hydrogen (secondary N) is 2. The third-order valence-electron chi connectivity index (χ3n) is 9.90. The second-order valence-corrected chi connectivity index (χ2v) is 18.3. The topological polar surface area (TPSA) is 148 Å². The number of esters is 2. The van der Waals surface area contributed by atoms with E-state index in [0.717, 1.165) is 33.3 Å². The number of amides is 2. The fourth-order valence-corrected chi connectivity index (χ4v) is 5.93. The van der Waals surface area contributed by atoms with Gasteiger partial charge in [-0.25, -0.2) is 19.2 Å². The summed E-state index contributed by atoms with van der Waals surface area (Å²) in [5, 5.41) is 5.30. The summed E-state index contributed by atoms with van der Waals surface area (Å²) in [6.07, 6.45) is -0.755. The van der Waals surface area contributed by atoms with Crippen LogP contribution in [0.5, 0.6) is 0 Å². The van der Waals surface area contributed by atoms with E-state index in [1.165, 1.54) is 0 Å². The minimum absolute atomic E-state index is 0.108. The quantitative estimate of drug-likeness (QED) is 0.0765. The summed E-state index contributed by atoms with van der Waals surface area (Å²) in [5.41, 5.74) is 3.34. The Balaban J connectivity index is 0.000000282. The highest BCUT2D eigenvalue weighted by atomic mass is 16.7. The standard InChI is InChI=1S/C27H36BNO6.C22H27NO4/c1-25(2,3)33-23(30)22(29-24(31)32-18-20-11-9-8-10-12-20)17-19-13-15-21(16-14-19)28-34-26(4,5)27(6,7)35-28;1-16-10-12-17(13-11-16)14-19(20(24)27-22(2,3)4)23-21(25)26-15-18-8-6-5-7-9-18/h8-16,22H,17-18H2,1-7H3,(H,29,31);5-13,19H,14-15H2,1-4H3,(H,23,25)/t22-;19-/m00/s1. The Labute approximate surface area is 367 Å². The Morgan fingerprint density at radius 2 is 0.903 bits per heavy atom. The first-order chi connectivity index (χ1) is 29.0. The molecule has 5 rings (SSSR count).